The number of fused-ring (bicyclic) bond motifs is 1. The van der Waals surface area contributed by atoms with Gasteiger partial charge in [-0.2, -0.15) is 4.98 Å². The number of aryl methyl sites for hydroxylation is 1. The molecule has 0 aromatic carbocycles. The Morgan fingerprint density at radius 1 is 1.38 bits per heavy atom. The van der Waals surface area contributed by atoms with Gasteiger partial charge in [-0.1, -0.05) is 0 Å². The first kappa shape index (κ1) is 15.9. The van der Waals surface area contributed by atoms with Crippen LogP contribution in [-0.4, -0.2) is 16.6 Å². The largest absolute Gasteiger partial charge is 0.467 e. The minimum atomic E-state index is 0.162. The van der Waals surface area contributed by atoms with Gasteiger partial charge < -0.3 is 14.5 Å². The standard InChI is InChI=1S/C17H18ClN3O2S/c1-10-13-15(24-14(10)12-6-2-3-7-23-12)16(21-17(18)20-13)19-9-11-5-4-8-22-11/h4-5,8,12H,2-3,6-7,9H2,1H3,(H,19,20,21)/t12-/m1/s1. The molecule has 0 unspecified atom stereocenters. The van der Waals surface area contributed by atoms with Crippen molar-refractivity contribution in [3.8, 4) is 0 Å². The van der Waals surface area contributed by atoms with Gasteiger partial charge in [0.15, 0.2) is 0 Å². The summed E-state index contributed by atoms with van der Waals surface area (Å²) in [6.07, 6.45) is 5.22. The summed E-state index contributed by atoms with van der Waals surface area (Å²) in [5.41, 5.74) is 2.05. The Morgan fingerprint density at radius 2 is 2.29 bits per heavy atom. The third-order valence-corrected chi connectivity index (χ3v) is 5.81. The first-order valence-electron chi connectivity index (χ1n) is 8.07. The second kappa shape index (κ2) is 6.70. The number of hydrogen-bond donors (Lipinski definition) is 1. The van der Waals surface area contributed by atoms with E-state index in [9.17, 15) is 0 Å². The van der Waals surface area contributed by atoms with Crippen LogP contribution in [0.15, 0.2) is 22.8 Å². The summed E-state index contributed by atoms with van der Waals surface area (Å²) in [5, 5.41) is 3.57. The maximum absolute atomic E-state index is 6.14. The Morgan fingerprint density at radius 3 is 3.04 bits per heavy atom. The van der Waals surface area contributed by atoms with Crippen molar-refractivity contribution in [2.75, 3.05) is 11.9 Å². The molecule has 7 heteroatoms. The quantitative estimate of drug-likeness (QED) is 0.653. The van der Waals surface area contributed by atoms with E-state index >= 15 is 0 Å². The van der Waals surface area contributed by atoms with Gasteiger partial charge in [-0.3, -0.25) is 0 Å². The van der Waals surface area contributed by atoms with Gasteiger partial charge in [-0.15, -0.1) is 11.3 Å². The predicted molar refractivity (Wildman–Crippen MR) is 95.7 cm³/mol. The summed E-state index contributed by atoms with van der Waals surface area (Å²) >= 11 is 7.84. The van der Waals surface area contributed by atoms with Crippen LogP contribution >= 0.6 is 22.9 Å². The second-order valence-corrected chi connectivity index (χ2v) is 7.29. The maximum Gasteiger partial charge on any atom is 0.224 e. The molecule has 1 N–H and O–H groups in total. The first-order valence-corrected chi connectivity index (χ1v) is 9.26. The van der Waals surface area contributed by atoms with E-state index in [1.807, 2.05) is 12.1 Å². The number of nitrogens with zero attached hydrogens (tertiary/aromatic N) is 2. The minimum absolute atomic E-state index is 0.162. The van der Waals surface area contributed by atoms with Crippen LogP contribution in [0.25, 0.3) is 10.2 Å². The monoisotopic (exact) mass is 363 g/mol. The van der Waals surface area contributed by atoms with Crippen molar-refractivity contribution in [1.82, 2.24) is 9.97 Å². The molecule has 0 amide bonds. The van der Waals surface area contributed by atoms with E-state index in [2.05, 4.69) is 22.2 Å². The molecule has 4 rings (SSSR count). The van der Waals surface area contributed by atoms with Gasteiger partial charge in [0.1, 0.15) is 11.6 Å². The number of halogens is 1. The molecule has 0 spiro atoms. The molecular weight excluding hydrogens is 346 g/mol. The van der Waals surface area contributed by atoms with Crippen LogP contribution in [0, 0.1) is 6.92 Å². The fourth-order valence-electron chi connectivity index (χ4n) is 3.04. The zero-order valence-corrected chi connectivity index (χ0v) is 14.9. The molecule has 1 atom stereocenters. The summed E-state index contributed by atoms with van der Waals surface area (Å²) in [6, 6.07) is 3.79. The highest BCUT2D eigenvalue weighted by Crippen LogP contribution is 2.41. The van der Waals surface area contributed by atoms with Crippen molar-refractivity contribution in [3.05, 3.63) is 39.9 Å². The van der Waals surface area contributed by atoms with Gasteiger partial charge in [0.25, 0.3) is 0 Å². The number of rotatable bonds is 4. The van der Waals surface area contributed by atoms with Crippen molar-refractivity contribution >= 4 is 39.0 Å². The Hall–Kier alpha value is -1.63. The Bertz CT molecular complexity index is 841. The highest BCUT2D eigenvalue weighted by Gasteiger charge is 2.24. The van der Waals surface area contributed by atoms with Crippen LogP contribution < -0.4 is 5.32 Å². The van der Waals surface area contributed by atoms with Gasteiger partial charge in [-0.25, -0.2) is 4.98 Å². The predicted octanol–water partition coefficient (Wildman–Crippen LogP) is 5.10. The van der Waals surface area contributed by atoms with E-state index in [0.717, 1.165) is 46.8 Å². The lowest BCUT2D eigenvalue weighted by Gasteiger charge is -2.22. The van der Waals surface area contributed by atoms with E-state index in [0.29, 0.717) is 6.54 Å². The molecule has 1 aliphatic heterocycles. The van der Waals surface area contributed by atoms with Crippen molar-refractivity contribution in [1.29, 1.82) is 0 Å². The lowest BCUT2D eigenvalue weighted by molar-refractivity contribution is 0.0169. The Labute approximate surface area is 149 Å². The molecule has 1 fully saturated rings. The molecule has 126 valence electrons. The normalized spacial score (nSPS) is 18.2. The lowest BCUT2D eigenvalue weighted by Crippen LogP contribution is -2.10. The van der Waals surface area contributed by atoms with Gasteiger partial charge in [-0.05, 0) is 55.5 Å². The number of anilines is 1. The summed E-state index contributed by atoms with van der Waals surface area (Å²) in [5.74, 6) is 1.60. The fraction of sp³-hybridized carbons (Fsp3) is 0.412. The van der Waals surface area contributed by atoms with Crippen LogP contribution in [0.2, 0.25) is 5.28 Å². The molecule has 5 nitrogen and oxygen atoms in total. The fourth-order valence-corrected chi connectivity index (χ4v) is 4.50. The molecular formula is C17H18ClN3O2S. The van der Waals surface area contributed by atoms with E-state index in [1.165, 1.54) is 11.3 Å². The van der Waals surface area contributed by atoms with Crippen molar-refractivity contribution in [2.24, 2.45) is 0 Å². The van der Waals surface area contributed by atoms with E-state index in [4.69, 9.17) is 20.8 Å². The molecule has 4 heterocycles. The van der Waals surface area contributed by atoms with Gasteiger partial charge >= 0.3 is 0 Å². The molecule has 0 saturated carbocycles. The number of furan rings is 1. The summed E-state index contributed by atoms with van der Waals surface area (Å²) in [4.78, 5) is 10.1. The SMILES string of the molecule is Cc1c([C@H]2CCCCO2)sc2c(NCc3ccco3)nc(Cl)nc12. The van der Waals surface area contributed by atoms with E-state index < -0.39 is 0 Å². The zero-order chi connectivity index (χ0) is 16.5. The smallest absolute Gasteiger partial charge is 0.224 e. The Kier molecular flexibility index (Phi) is 4.43. The topological polar surface area (TPSA) is 60.2 Å². The number of ether oxygens (including phenoxy) is 1. The van der Waals surface area contributed by atoms with Crippen LogP contribution in [0.3, 0.4) is 0 Å². The van der Waals surface area contributed by atoms with Gasteiger partial charge in [0, 0.05) is 11.5 Å². The molecule has 0 bridgehead atoms. The third-order valence-electron chi connectivity index (χ3n) is 4.26. The first-order chi connectivity index (χ1) is 11.7. The van der Waals surface area contributed by atoms with Crippen LogP contribution in [0.4, 0.5) is 5.82 Å². The maximum atomic E-state index is 6.14. The molecule has 1 aliphatic rings. The third kappa shape index (κ3) is 3.01. The minimum Gasteiger partial charge on any atom is -0.467 e. The summed E-state index contributed by atoms with van der Waals surface area (Å²) in [7, 11) is 0. The molecule has 0 radical (unpaired) electrons. The molecule has 3 aromatic rings. The van der Waals surface area contributed by atoms with Crippen LogP contribution in [0.5, 0.6) is 0 Å². The lowest BCUT2D eigenvalue weighted by atomic mass is 10.1. The average Bonchev–Trinajstić information content (AvgIpc) is 3.22. The number of thiophene rings is 1. The average molecular weight is 364 g/mol. The van der Waals surface area contributed by atoms with E-state index in [1.54, 1.807) is 17.6 Å². The molecule has 1 saturated heterocycles. The highest BCUT2D eigenvalue weighted by atomic mass is 35.5. The molecule has 0 aliphatic carbocycles. The summed E-state index contributed by atoms with van der Waals surface area (Å²) in [6.45, 7) is 3.47. The van der Waals surface area contributed by atoms with Gasteiger partial charge in [0.2, 0.25) is 5.28 Å². The van der Waals surface area contributed by atoms with E-state index in [-0.39, 0.29) is 11.4 Å². The van der Waals surface area contributed by atoms with Crippen LogP contribution in [-0.2, 0) is 11.3 Å². The van der Waals surface area contributed by atoms with Crippen molar-refractivity contribution < 1.29 is 9.15 Å². The number of nitrogens with one attached hydrogen (secondary N) is 1. The molecule has 3 aromatic heterocycles. The Balaban J connectivity index is 1.70. The number of hydrogen-bond acceptors (Lipinski definition) is 6. The van der Waals surface area contributed by atoms with Gasteiger partial charge in [0.05, 0.1) is 29.1 Å². The highest BCUT2D eigenvalue weighted by molar-refractivity contribution is 7.19. The van der Waals surface area contributed by atoms with Crippen molar-refractivity contribution in [3.63, 3.8) is 0 Å². The zero-order valence-electron chi connectivity index (χ0n) is 13.3. The summed E-state index contributed by atoms with van der Waals surface area (Å²) < 4.78 is 12.3. The van der Waals surface area contributed by atoms with Crippen molar-refractivity contribution in [2.45, 2.75) is 38.8 Å². The van der Waals surface area contributed by atoms with Crippen LogP contribution in [0.1, 0.15) is 41.6 Å². The second-order valence-electron chi connectivity index (χ2n) is 5.90. The molecule has 24 heavy (non-hydrogen) atoms. The number of aromatic nitrogens is 2.